The molecule has 4 aromatic carbocycles. The van der Waals surface area contributed by atoms with Crippen LogP contribution in [-0.2, 0) is 17.6 Å². The average Bonchev–Trinajstić information content (AvgIpc) is 2.94. The number of carboxylic acid groups (broad SMARTS) is 1. The van der Waals surface area contributed by atoms with Gasteiger partial charge in [-0.05, 0) is 66.2 Å². The number of methoxy groups -OCH3 is 2. The van der Waals surface area contributed by atoms with E-state index in [1.54, 1.807) is 26.4 Å². The quantitative estimate of drug-likeness (QED) is 0.257. The van der Waals surface area contributed by atoms with Gasteiger partial charge < -0.3 is 24.8 Å². The number of hydrogen-bond acceptors (Lipinski definition) is 5. The first kappa shape index (κ1) is 29.5. The molecule has 41 heavy (non-hydrogen) atoms. The fourth-order valence-electron chi connectivity index (χ4n) is 4.94. The van der Waals surface area contributed by atoms with E-state index in [1.807, 2.05) is 50.5 Å². The van der Waals surface area contributed by atoms with Crippen LogP contribution in [0.15, 0.2) is 66.7 Å². The maximum atomic E-state index is 14.2. The molecule has 0 aliphatic heterocycles. The number of carbonyl (C=O) groups excluding carboxylic acids is 1. The first-order chi connectivity index (χ1) is 19.7. The summed E-state index contributed by atoms with van der Waals surface area (Å²) in [6, 6.07) is 16.6. The molecule has 1 amide bonds. The van der Waals surface area contributed by atoms with Crippen molar-refractivity contribution in [2.75, 3.05) is 34.9 Å². The van der Waals surface area contributed by atoms with Crippen LogP contribution in [0.2, 0.25) is 0 Å². The fraction of sp³-hybridized carbons (Fsp3) is 0.250. The lowest BCUT2D eigenvalue weighted by atomic mass is 9.91. The Morgan fingerprint density at radius 1 is 0.878 bits per heavy atom. The van der Waals surface area contributed by atoms with E-state index in [0.29, 0.717) is 17.1 Å². The summed E-state index contributed by atoms with van der Waals surface area (Å²) in [6.07, 6.45) is 0.640. The van der Waals surface area contributed by atoms with E-state index < -0.39 is 35.1 Å². The predicted octanol–water partition coefficient (Wildman–Crippen LogP) is 5.33. The second-order valence-electron chi connectivity index (χ2n) is 9.87. The van der Waals surface area contributed by atoms with Crippen molar-refractivity contribution in [1.29, 1.82) is 0 Å². The lowest BCUT2D eigenvalue weighted by Crippen LogP contribution is -2.43. The van der Waals surface area contributed by atoms with Crippen molar-refractivity contribution in [3.63, 3.8) is 0 Å². The molecular formula is C32H32F2N2O5. The van der Waals surface area contributed by atoms with Gasteiger partial charge in [-0.1, -0.05) is 48.5 Å². The van der Waals surface area contributed by atoms with Gasteiger partial charge >= 0.3 is 5.97 Å². The highest BCUT2D eigenvalue weighted by atomic mass is 19.1. The van der Waals surface area contributed by atoms with Gasteiger partial charge in [-0.3, -0.25) is 4.79 Å². The molecule has 2 N–H and O–H groups in total. The Morgan fingerprint density at radius 2 is 1.54 bits per heavy atom. The number of nitrogens with zero attached hydrogens (tertiary/aromatic N) is 1. The van der Waals surface area contributed by atoms with Crippen LogP contribution >= 0.6 is 0 Å². The van der Waals surface area contributed by atoms with Gasteiger partial charge in [-0.15, -0.1) is 0 Å². The zero-order valence-corrected chi connectivity index (χ0v) is 23.3. The highest BCUT2D eigenvalue weighted by molar-refractivity contribution is 6.02. The van der Waals surface area contributed by atoms with E-state index in [2.05, 4.69) is 10.2 Å². The predicted molar refractivity (Wildman–Crippen MR) is 154 cm³/mol. The average molecular weight is 563 g/mol. The maximum Gasteiger partial charge on any atom is 0.326 e. The largest absolute Gasteiger partial charge is 0.496 e. The Hall–Kier alpha value is -4.50. The molecule has 0 bridgehead atoms. The van der Waals surface area contributed by atoms with Crippen LogP contribution in [-0.4, -0.2) is 62.8 Å². The molecular weight excluding hydrogens is 530 g/mol. The van der Waals surface area contributed by atoms with Crippen LogP contribution < -0.4 is 14.8 Å². The molecule has 7 nitrogen and oxygen atoms in total. The van der Waals surface area contributed by atoms with Crippen molar-refractivity contribution in [3.05, 3.63) is 95.1 Å². The lowest BCUT2D eigenvalue weighted by molar-refractivity contribution is -0.139. The lowest BCUT2D eigenvalue weighted by Gasteiger charge is -2.20. The second kappa shape index (κ2) is 12.8. The molecule has 0 fully saturated rings. The zero-order chi connectivity index (χ0) is 29.7. The molecule has 0 radical (unpaired) electrons. The molecule has 0 aliphatic carbocycles. The summed E-state index contributed by atoms with van der Waals surface area (Å²) in [4.78, 5) is 26.9. The molecule has 4 rings (SSSR count). The van der Waals surface area contributed by atoms with Crippen LogP contribution in [0.5, 0.6) is 11.5 Å². The van der Waals surface area contributed by atoms with E-state index in [4.69, 9.17) is 9.47 Å². The molecule has 0 unspecified atom stereocenters. The maximum absolute atomic E-state index is 14.2. The molecule has 0 heterocycles. The Bertz CT molecular complexity index is 1570. The van der Waals surface area contributed by atoms with Crippen molar-refractivity contribution in [2.45, 2.75) is 18.9 Å². The highest BCUT2D eigenvalue weighted by Crippen LogP contribution is 2.44. The topological polar surface area (TPSA) is 88.1 Å². The number of benzene rings is 4. The highest BCUT2D eigenvalue weighted by Gasteiger charge is 2.26. The van der Waals surface area contributed by atoms with Crippen molar-refractivity contribution < 1.29 is 33.0 Å². The van der Waals surface area contributed by atoms with Crippen molar-refractivity contribution in [3.8, 4) is 22.6 Å². The van der Waals surface area contributed by atoms with Crippen LogP contribution in [0.3, 0.4) is 0 Å². The van der Waals surface area contributed by atoms with E-state index >= 15 is 0 Å². The number of aliphatic carboxylic acids is 1. The molecule has 214 valence electrons. The fourth-order valence-corrected chi connectivity index (χ4v) is 4.94. The first-order valence-corrected chi connectivity index (χ1v) is 13.0. The standard InChI is InChI=1S/C32H32F2N2O5/c1-36(2)17-16-19-14-15-27(40-3)28(30(19)41-4)23-11-6-9-21-20(8-5-10-22(21)23)18-26(32(38)39)35-31(37)29-24(33)12-7-13-25(29)34/h5-15,26H,16-18H2,1-4H3,(H,35,37)(H,38,39)/t26-/m0/s1. The van der Waals surface area contributed by atoms with E-state index in [9.17, 15) is 23.5 Å². The minimum absolute atomic E-state index is 0.116. The van der Waals surface area contributed by atoms with Crippen molar-refractivity contribution in [2.24, 2.45) is 0 Å². The summed E-state index contributed by atoms with van der Waals surface area (Å²) in [5, 5.41) is 13.7. The Balaban J connectivity index is 1.77. The van der Waals surface area contributed by atoms with E-state index in [0.717, 1.165) is 58.6 Å². The van der Waals surface area contributed by atoms with Gasteiger partial charge in [0.25, 0.3) is 5.91 Å². The van der Waals surface area contributed by atoms with Gasteiger partial charge in [0.05, 0.1) is 19.8 Å². The summed E-state index contributed by atoms with van der Waals surface area (Å²) < 4.78 is 40.0. The van der Waals surface area contributed by atoms with Gasteiger partial charge in [-0.25, -0.2) is 13.6 Å². The molecule has 0 saturated heterocycles. The Morgan fingerprint density at radius 3 is 2.17 bits per heavy atom. The van der Waals surface area contributed by atoms with Crippen molar-refractivity contribution in [1.82, 2.24) is 10.2 Å². The number of halogens is 2. The normalized spacial score (nSPS) is 11.9. The summed E-state index contributed by atoms with van der Waals surface area (Å²) in [5.74, 6) is -3.31. The third-order valence-corrected chi connectivity index (χ3v) is 6.95. The van der Waals surface area contributed by atoms with Gasteiger partial charge in [-0.2, -0.15) is 0 Å². The zero-order valence-electron chi connectivity index (χ0n) is 23.3. The van der Waals surface area contributed by atoms with Gasteiger partial charge in [0, 0.05) is 13.0 Å². The molecule has 4 aromatic rings. The van der Waals surface area contributed by atoms with E-state index in [-0.39, 0.29) is 6.42 Å². The van der Waals surface area contributed by atoms with Crippen LogP contribution in [0.25, 0.3) is 21.9 Å². The number of nitrogens with one attached hydrogen (secondary N) is 1. The number of likely N-dealkylation sites (N-methyl/N-ethyl adjacent to an activating group) is 1. The number of carbonyl (C=O) groups is 2. The van der Waals surface area contributed by atoms with Gasteiger partial charge in [0.15, 0.2) is 0 Å². The summed E-state index contributed by atoms with van der Waals surface area (Å²) >= 11 is 0. The second-order valence-corrected chi connectivity index (χ2v) is 9.87. The summed E-state index contributed by atoms with van der Waals surface area (Å²) in [5.41, 5.74) is 2.42. The Labute approximate surface area is 237 Å². The van der Waals surface area contributed by atoms with Crippen LogP contribution in [0.1, 0.15) is 21.5 Å². The number of fused-ring (bicyclic) bond motifs is 1. The first-order valence-electron chi connectivity index (χ1n) is 13.0. The monoisotopic (exact) mass is 562 g/mol. The molecule has 1 atom stereocenters. The molecule has 9 heteroatoms. The SMILES string of the molecule is COc1ccc(CCN(C)C)c(OC)c1-c1cccc2c(C[C@H](NC(=O)c3c(F)cccc3F)C(=O)O)cccc12. The minimum Gasteiger partial charge on any atom is -0.496 e. The third-order valence-electron chi connectivity index (χ3n) is 6.95. The number of hydrogen-bond donors (Lipinski definition) is 2. The molecule has 0 spiro atoms. The van der Waals surface area contributed by atoms with Crippen LogP contribution in [0, 0.1) is 11.6 Å². The van der Waals surface area contributed by atoms with E-state index in [1.165, 1.54) is 0 Å². The Kier molecular flexibility index (Phi) is 9.19. The minimum atomic E-state index is -1.44. The third kappa shape index (κ3) is 6.30. The molecule has 0 aliphatic rings. The molecule has 0 aromatic heterocycles. The van der Waals surface area contributed by atoms with Gasteiger partial charge in [0.2, 0.25) is 0 Å². The van der Waals surface area contributed by atoms with Crippen LogP contribution in [0.4, 0.5) is 8.78 Å². The number of amides is 1. The smallest absolute Gasteiger partial charge is 0.326 e. The van der Waals surface area contributed by atoms with Gasteiger partial charge in [0.1, 0.15) is 34.7 Å². The van der Waals surface area contributed by atoms with Crippen molar-refractivity contribution >= 4 is 22.6 Å². The number of carboxylic acids is 1. The number of rotatable bonds is 11. The summed E-state index contributed by atoms with van der Waals surface area (Å²) in [6.45, 7) is 0.820. The molecule has 0 saturated carbocycles. The number of ether oxygens (including phenoxy) is 2. The summed E-state index contributed by atoms with van der Waals surface area (Å²) in [7, 11) is 7.21.